The first-order chi connectivity index (χ1) is 13.5. The molecule has 146 valence electrons. The Morgan fingerprint density at radius 1 is 1.07 bits per heavy atom. The summed E-state index contributed by atoms with van der Waals surface area (Å²) in [7, 11) is 5.00. The van der Waals surface area contributed by atoms with E-state index in [1.807, 2.05) is 67.1 Å². The predicted octanol–water partition coefficient (Wildman–Crippen LogP) is 3.78. The third-order valence-corrected chi connectivity index (χ3v) is 4.75. The fraction of sp³-hybridized carbons (Fsp3) is 0.273. The highest BCUT2D eigenvalue weighted by atomic mass is 16.5. The van der Waals surface area contributed by atoms with Gasteiger partial charge in [0.25, 0.3) is 5.91 Å². The molecule has 6 heteroatoms. The number of carbonyl (C=O) groups is 1. The van der Waals surface area contributed by atoms with Crippen molar-refractivity contribution in [3.63, 3.8) is 0 Å². The first-order valence-corrected chi connectivity index (χ1v) is 9.04. The minimum absolute atomic E-state index is 0.0740. The Morgan fingerprint density at radius 3 is 2.43 bits per heavy atom. The molecule has 0 saturated carbocycles. The second kappa shape index (κ2) is 8.17. The molecule has 0 aliphatic heterocycles. The number of amides is 1. The van der Waals surface area contributed by atoms with E-state index in [9.17, 15) is 4.79 Å². The van der Waals surface area contributed by atoms with Crippen LogP contribution in [0.4, 0.5) is 0 Å². The zero-order chi connectivity index (χ0) is 20.3. The number of nitrogens with zero attached hydrogens (tertiary/aromatic N) is 3. The van der Waals surface area contributed by atoms with Gasteiger partial charge in [-0.15, -0.1) is 0 Å². The van der Waals surface area contributed by atoms with Gasteiger partial charge in [-0.25, -0.2) is 4.68 Å². The molecule has 3 rings (SSSR count). The fourth-order valence-electron chi connectivity index (χ4n) is 3.27. The Balaban J connectivity index is 1.88. The lowest BCUT2D eigenvalue weighted by atomic mass is 10.1. The molecule has 0 radical (unpaired) electrons. The summed E-state index contributed by atoms with van der Waals surface area (Å²) in [6.45, 7) is 4.20. The van der Waals surface area contributed by atoms with Gasteiger partial charge in [0.1, 0.15) is 11.5 Å². The third-order valence-electron chi connectivity index (χ3n) is 4.75. The van der Waals surface area contributed by atoms with E-state index in [2.05, 4.69) is 5.10 Å². The summed E-state index contributed by atoms with van der Waals surface area (Å²) in [4.78, 5) is 14.8. The van der Waals surface area contributed by atoms with Crippen LogP contribution >= 0.6 is 0 Å². The van der Waals surface area contributed by atoms with Crippen molar-refractivity contribution >= 4 is 5.91 Å². The van der Waals surface area contributed by atoms with Crippen LogP contribution in [0.2, 0.25) is 0 Å². The topological polar surface area (TPSA) is 56.6 Å². The summed E-state index contributed by atoms with van der Waals surface area (Å²) >= 11 is 0. The second-order valence-corrected chi connectivity index (χ2v) is 6.63. The van der Waals surface area contributed by atoms with E-state index in [1.54, 1.807) is 26.2 Å². The highest BCUT2D eigenvalue weighted by molar-refractivity contribution is 5.96. The van der Waals surface area contributed by atoms with Gasteiger partial charge in [-0.05, 0) is 38.1 Å². The van der Waals surface area contributed by atoms with Crippen molar-refractivity contribution in [3.8, 4) is 17.2 Å². The van der Waals surface area contributed by atoms with Crippen LogP contribution in [0.3, 0.4) is 0 Å². The number of ether oxygens (including phenoxy) is 2. The van der Waals surface area contributed by atoms with Crippen LogP contribution in [0.15, 0.2) is 48.5 Å². The van der Waals surface area contributed by atoms with E-state index in [-0.39, 0.29) is 5.91 Å². The molecular weight excluding hydrogens is 354 g/mol. The van der Waals surface area contributed by atoms with E-state index >= 15 is 0 Å². The average molecular weight is 379 g/mol. The van der Waals surface area contributed by atoms with Gasteiger partial charge in [-0.2, -0.15) is 5.10 Å². The van der Waals surface area contributed by atoms with Crippen molar-refractivity contribution in [1.29, 1.82) is 0 Å². The molecule has 0 fully saturated rings. The highest BCUT2D eigenvalue weighted by Gasteiger charge is 2.23. The van der Waals surface area contributed by atoms with Gasteiger partial charge in [0.05, 0.1) is 36.9 Å². The molecule has 0 bridgehead atoms. The van der Waals surface area contributed by atoms with E-state index in [0.29, 0.717) is 29.3 Å². The molecule has 1 heterocycles. The van der Waals surface area contributed by atoms with Crippen LogP contribution < -0.4 is 9.47 Å². The van der Waals surface area contributed by atoms with Gasteiger partial charge in [-0.1, -0.05) is 18.2 Å². The molecule has 1 aromatic heterocycles. The van der Waals surface area contributed by atoms with E-state index in [0.717, 1.165) is 16.9 Å². The molecule has 3 aromatic rings. The van der Waals surface area contributed by atoms with Gasteiger partial charge in [0, 0.05) is 25.2 Å². The molecular formula is C22H25N3O3. The number of benzene rings is 2. The van der Waals surface area contributed by atoms with Crippen LogP contribution in [0, 0.1) is 13.8 Å². The SMILES string of the molecule is COc1ccc(CN(C)C(=O)c2c(C)nn(-c3ccccc3)c2C)c(OC)c1. The lowest BCUT2D eigenvalue weighted by Crippen LogP contribution is -2.27. The van der Waals surface area contributed by atoms with Crippen molar-refractivity contribution in [2.45, 2.75) is 20.4 Å². The molecule has 0 saturated heterocycles. The van der Waals surface area contributed by atoms with Crippen molar-refractivity contribution in [1.82, 2.24) is 14.7 Å². The highest BCUT2D eigenvalue weighted by Crippen LogP contribution is 2.26. The third kappa shape index (κ3) is 3.71. The van der Waals surface area contributed by atoms with Crippen molar-refractivity contribution in [2.24, 2.45) is 0 Å². The molecule has 6 nitrogen and oxygen atoms in total. The Labute approximate surface area is 165 Å². The van der Waals surface area contributed by atoms with Crippen molar-refractivity contribution < 1.29 is 14.3 Å². The molecule has 0 aliphatic rings. The monoisotopic (exact) mass is 379 g/mol. The number of methoxy groups -OCH3 is 2. The number of rotatable bonds is 6. The number of hydrogen-bond donors (Lipinski definition) is 0. The molecule has 1 amide bonds. The normalized spacial score (nSPS) is 10.6. The molecule has 0 N–H and O–H groups in total. The zero-order valence-corrected chi connectivity index (χ0v) is 16.9. The number of carbonyl (C=O) groups excluding carboxylic acids is 1. The summed E-state index contributed by atoms with van der Waals surface area (Å²) in [6, 6.07) is 15.4. The lowest BCUT2D eigenvalue weighted by Gasteiger charge is -2.19. The standard InChI is InChI=1S/C22H25N3O3/c1-15-21(16(2)25(23-15)18-9-7-6-8-10-18)22(26)24(3)14-17-11-12-19(27-4)13-20(17)28-5/h6-13H,14H2,1-5H3. The number of para-hydroxylation sites is 1. The second-order valence-electron chi connectivity index (χ2n) is 6.63. The summed E-state index contributed by atoms with van der Waals surface area (Å²) in [5.41, 5.74) is 3.99. The van der Waals surface area contributed by atoms with E-state index in [1.165, 1.54) is 0 Å². The van der Waals surface area contributed by atoms with E-state index in [4.69, 9.17) is 9.47 Å². The summed E-state index contributed by atoms with van der Waals surface area (Å²) in [5.74, 6) is 1.33. The quantitative estimate of drug-likeness (QED) is 0.654. The first-order valence-electron chi connectivity index (χ1n) is 9.04. The summed E-state index contributed by atoms with van der Waals surface area (Å²) in [6.07, 6.45) is 0. The Kier molecular flexibility index (Phi) is 5.68. The Hall–Kier alpha value is -3.28. The first kappa shape index (κ1) is 19.5. The van der Waals surface area contributed by atoms with E-state index < -0.39 is 0 Å². The van der Waals surface area contributed by atoms with Crippen LogP contribution in [0.25, 0.3) is 5.69 Å². The molecule has 0 aliphatic carbocycles. The maximum Gasteiger partial charge on any atom is 0.257 e. The molecule has 0 unspecified atom stereocenters. The van der Waals surface area contributed by atoms with Gasteiger partial charge < -0.3 is 14.4 Å². The van der Waals surface area contributed by atoms with Crippen molar-refractivity contribution in [3.05, 3.63) is 71.0 Å². The Bertz CT molecular complexity index is 980. The van der Waals surface area contributed by atoms with Gasteiger partial charge >= 0.3 is 0 Å². The molecule has 28 heavy (non-hydrogen) atoms. The fourth-order valence-corrected chi connectivity index (χ4v) is 3.27. The van der Waals surface area contributed by atoms with Crippen LogP contribution in [-0.2, 0) is 6.54 Å². The van der Waals surface area contributed by atoms with Gasteiger partial charge in [0.15, 0.2) is 0 Å². The van der Waals surface area contributed by atoms with Crippen LogP contribution in [-0.4, -0.2) is 41.9 Å². The largest absolute Gasteiger partial charge is 0.497 e. The summed E-state index contributed by atoms with van der Waals surface area (Å²) in [5, 5.41) is 4.58. The van der Waals surface area contributed by atoms with Crippen LogP contribution in [0.1, 0.15) is 27.3 Å². The Morgan fingerprint density at radius 2 is 1.79 bits per heavy atom. The van der Waals surface area contributed by atoms with Crippen molar-refractivity contribution in [2.75, 3.05) is 21.3 Å². The minimum Gasteiger partial charge on any atom is -0.497 e. The number of aryl methyl sites for hydroxylation is 1. The van der Waals surface area contributed by atoms with Crippen LogP contribution in [0.5, 0.6) is 11.5 Å². The number of aromatic nitrogens is 2. The molecule has 0 atom stereocenters. The number of hydrogen-bond acceptors (Lipinski definition) is 4. The smallest absolute Gasteiger partial charge is 0.257 e. The molecule has 2 aromatic carbocycles. The lowest BCUT2D eigenvalue weighted by molar-refractivity contribution is 0.0782. The average Bonchev–Trinajstić information content (AvgIpc) is 3.02. The summed E-state index contributed by atoms with van der Waals surface area (Å²) < 4.78 is 12.5. The predicted molar refractivity (Wildman–Crippen MR) is 108 cm³/mol. The van der Waals surface area contributed by atoms with Gasteiger partial charge in [-0.3, -0.25) is 4.79 Å². The maximum atomic E-state index is 13.2. The molecule has 0 spiro atoms. The van der Waals surface area contributed by atoms with Gasteiger partial charge in [0.2, 0.25) is 0 Å². The maximum absolute atomic E-state index is 13.2. The zero-order valence-electron chi connectivity index (χ0n) is 16.9. The minimum atomic E-state index is -0.0740.